The van der Waals surface area contributed by atoms with Crippen molar-refractivity contribution in [2.45, 2.75) is 13.8 Å². The van der Waals surface area contributed by atoms with Gasteiger partial charge in [0.05, 0.1) is 5.56 Å². The first kappa shape index (κ1) is 13.3. The average molecular weight is 264 g/mol. The third kappa shape index (κ3) is 2.38. The molecule has 19 heavy (non-hydrogen) atoms. The van der Waals surface area contributed by atoms with E-state index in [1.807, 2.05) is 0 Å². The lowest BCUT2D eigenvalue weighted by Crippen LogP contribution is -2.09. The van der Waals surface area contributed by atoms with Crippen LogP contribution in [0.25, 0.3) is 0 Å². The maximum Gasteiger partial charge on any atom is 0.199 e. The average Bonchev–Trinajstić information content (AvgIpc) is 2.37. The second-order valence-electron chi connectivity index (χ2n) is 4.35. The smallest absolute Gasteiger partial charge is 0.199 e. The summed E-state index contributed by atoms with van der Waals surface area (Å²) in [6, 6.07) is 6.00. The van der Waals surface area contributed by atoms with Crippen molar-refractivity contribution in [3.63, 3.8) is 0 Å². The van der Waals surface area contributed by atoms with Crippen molar-refractivity contribution >= 4 is 5.78 Å². The molecule has 0 radical (unpaired) electrons. The summed E-state index contributed by atoms with van der Waals surface area (Å²) in [5.41, 5.74) is -0.200. The van der Waals surface area contributed by atoms with Crippen LogP contribution in [-0.4, -0.2) is 5.78 Å². The zero-order chi connectivity index (χ0) is 14.2. The quantitative estimate of drug-likeness (QED) is 0.750. The molecule has 0 bridgehead atoms. The lowest BCUT2D eigenvalue weighted by molar-refractivity contribution is 0.103. The molecule has 0 saturated carbocycles. The fourth-order valence-electron chi connectivity index (χ4n) is 1.74. The van der Waals surface area contributed by atoms with Gasteiger partial charge >= 0.3 is 0 Å². The largest absolute Gasteiger partial charge is 0.288 e. The van der Waals surface area contributed by atoms with E-state index in [1.54, 1.807) is 0 Å². The molecule has 0 amide bonds. The minimum atomic E-state index is -0.950. The maximum atomic E-state index is 13.8. The third-order valence-electron chi connectivity index (χ3n) is 2.95. The second kappa shape index (κ2) is 4.88. The summed E-state index contributed by atoms with van der Waals surface area (Å²) in [5, 5.41) is 0. The summed E-state index contributed by atoms with van der Waals surface area (Å²) >= 11 is 0. The van der Waals surface area contributed by atoms with Crippen LogP contribution in [0.15, 0.2) is 30.3 Å². The Morgan fingerprint density at radius 2 is 1.53 bits per heavy atom. The van der Waals surface area contributed by atoms with Crippen LogP contribution in [0, 0.1) is 31.3 Å². The number of rotatable bonds is 2. The van der Waals surface area contributed by atoms with E-state index in [-0.39, 0.29) is 11.1 Å². The van der Waals surface area contributed by atoms with E-state index in [9.17, 15) is 18.0 Å². The Bertz CT molecular complexity index is 663. The van der Waals surface area contributed by atoms with E-state index < -0.39 is 28.8 Å². The van der Waals surface area contributed by atoms with Crippen molar-refractivity contribution < 1.29 is 18.0 Å². The Kier molecular flexibility index (Phi) is 3.42. The Morgan fingerprint density at radius 1 is 0.895 bits per heavy atom. The zero-order valence-corrected chi connectivity index (χ0v) is 10.4. The molecule has 0 aromatic heterocycles. The first-order chi connectivity index (χ1) is 8.91. The maximum absolute atomic E-state index is 13.8. The highest BCUT2D eigenvalue weighted by Crippen LogP contribution is 2.21. The standard InChI is InChI=1S/C15H11F3O/c1-8-3-5-10(7-12(8)17)15(19)13-11(16)6-4-9(2)14(13)18/h3-7H,1-2H3. The monoisotopic (exact) mass is 264 g/mol. The van der Waals surface area contributed by atoms with Gasteiger partial charge in [-0.15, -0.1) is 0 Å². The first-order valence-corrected chi connectivity index (χ1v) is 5.67. The molecule has 1 nitrogen and oxygen atoms in total. The fraction of sp³-hybridized carbons (Fsp3) is 0.133. The molecule has 2 rings (SSSR count). The third-order valence-corrected chi connectivity index (χ3v) is 2.95. The van der Waals surface area contributed by atoms with E-state index in [4.69, 9.17) is 0 Å². The second-order valence-corrected chi connectivity index (χ2v) is 4.35. The molecular formula is C15H11F3O. The zero-order valence-electron chi connectivity index (χ0n) is 10.4. The van der Waals surface area contributed by atoms with Crippen molar-refractivity contribution in [3.05, 3.63) is 70.0 Å². The number of hydrogen-bond acceptors (Lipinski definition) is 1. The molecule has 0 N–H and O–H groups in total. The molecule has 0 aliphatic rings. The van der Waals surface area contributed by atoms with Crippen LogP contribution in [-0.2, 0) is 0 Å². The highest BCUT2D eigenvalue weighted by atomic mass is 19.1. The summed E-state index contributed by atoms with van der Waals surface area (Å²) in [4.78, 5) is 12.1. The van der Waals surface area contributed by atoms with Crippen LogP contribution in [0.5, 0.6) is 0 Å². The summed E-state index contributed by atoms with van der Waals surface area (Å²) in [5.74, 6) is -3.31. The van der Waals surface area contributed by atoms with Crippen molar-refractivity contribution in [3.8, 4) is 0 Å². The molecule has 0 saturated heterocycles. The van der Waals surface area contributed by atoms with Gasteiger partial charge in [0.25, 0.3) is 0 Å². The molecule has 0 atom stereocenters. The topological polar surface area (TPSA) is 17.1 Å². The predicted octanol–water partition coefficient (Wildman–Crippen LogP) is 3.95. The number of carbonyl (C=O) groups is 1. The van der Waals surface area contributed by atoms with Crippen LogP contribution in [0.2, 0.25) is 0 Å². The Hall–Kier alpha value is -2.10. The summed E-state index contributed by atoms with van der Waals surface area (Å²) in [6.07, 6.45) is 0. The van der Waals surface area contributed by atoms with Gasteiger partial charge < -0.3 is 0 Å². The van der Waals surface area contributed by atoms with Gasteiger partial charge in [-0.1, -0.05) is 18.2 Å². The van der Waals surface area contributed by atoms with Gasteiger partial charge in [0, 0.05) is 5.56 Å². The summed E-state index contributed by atoms with van der Waals surface area (Å²) in [6.45, 7) is 2.97. The van der Waals surface area contributed by atoms with Gasteiger partial charge in [0.15, 0.2) is 5.78 Å². The normalized spacial score (nSPS) is 10.6. The van der Waals surface area contributed by atoms with Crippen LogP contribution >= 0.6 is 0 Å². The van der Waals surface area contributed by atoms with Gasteiger partial charge in [-0.25, -0.2) is 13.2 Å². The van der Waals surface area contributed by atoms with E-state index in [0.717, 1.165) is 12.1 Å². The van der Waals surface area contributed by atoms with Gasteiger partial charge in [0.2, 0.25) is 0 Å². The minimum Gasteiger partial charge on any atom is -0.288 e. The number of aryl methyl sites for hydroxylation is 2. The van der Waals surface area contributed by atoms with Crippen LogP contribution in [0.4, 0.5) is 13.2 Å². The summed E-state index contributed by atoms with van der Waals surface area (Å²) < 4.78 is 40.8. The van der Waals surface area contributed by atoms with Gasteiger partial charge in [-0.05, 0) is 37.1 Å². The SMILES string of the molecule is Cc1ccc(C(=O)c2c(F)ccc(C)c2F)cc1F. The van der Waals surface area contributed by atoms with Crippen molar-refractivity contribution in [1.29, 1.82) is 0 Å². The van der Waals surface area contributed by atoms with Gasteiger partial charge in [0.1, 0.15) is 17.5 Å². The highest BCUT2D eigenvalue weighted by molar-refractivity contribution is 6.09. The molecular weight excluding hydrogens is 253 g/mol. The van der Waals surface area contributed by atoms with Crippen molar-refractivity contribution in [2.24, 2.45) is 0 Å². The fourth-order valence-corrected chi connectivity index (χ4v) is 1.74. The van der Waals surface area contributed by atoms with E-state index in [0.29, 0.717) is 5.56 Å². The number of carbonyl (C=O) groups excluding carboxylic acids is 1. The Labute approximate surface area is 108 Å². The summed E-state index contributed by atoms with van der Waals surface area (Å²) in [7, 11) is 0. The molecule has 0 spiro atoms. The first-order valence-electron chi connectivity index (χ1n) is 5.67. The molecule has 0 fully saturated rings. The van der Waals surface area contributed by atoms with Crippen LogP contribution in [0.3, 0.4) is 0 Å². The molecule has 0 heterocycles. The Balaban J connectivity index is 2.56. The molecule has 0 aliphatic heterocycles. The van der Waals surface area contributed by atoms with Gasteiger partial charge in [-0.3, -0.25) is 4.79 Å². The van der Waals surface area contributed by atoms with Crippen molar-refractivity contribution in [1.82, 2.24) is 0 Å². The van der Waals surface area contributed by atoms with E-state index >= 15 is 0 Å². The van der Waals surface area contributed by atoms with Crippen molar-refractivity contribution in [2.75, 3.05) is 0 Å². The number of benzene rings is 2. The van der Waals surface area contributed by atoms with E-state index in [2.05, 4.69) is 0 Å². The molecule has 4 heteroatoms. The van der Waals surface area contributed by atoms with Crippen LogP contribution in [0.1, 0.15) is 27.0 Å². The minimum absolute atomic E-state index is 0.0773. The highest BCUT2D eigenvalue weighted by Gasteiger charge is 2.21. The lowest BCUT2D eigenvalue weighted by atomic mass is 9.99. The van der Waals surface area contributed by atoms with Gasteiger partial charge in [-0.2, -0.15) is 0 Å². The molecule has 2 aromatic carbocycles. The predicted molar refractivity (Wildman–Crippen MR) is 65.7 cm³/mol. The lowest BCUT2D eigenvalue weighted by Gasteiger charge is -2.07. The van der Waals surface area contributed by atoms with Crippen LogP contribution < -0.4 is 0 Å². The number of ketones is 1. The molecule has 0 aliphatic carbocycles. The number of halogens is 3. The number of hydrogen-bond donors (Lipinski definition) is 0. The molecule has 98 valence electrons. The Morgan fingerprint density at radius 3 is 2.16 bits per heavy atom. The van der Waals surface area contributed by atoms with E-state index in [1.165, 1.54) is 32.0 Å². The molecule has 2 aromatic rings. The molecule has 0 unspecified atom stereocenters.